The highest BCUT2D eigenvalue weighted by Gasteiger charge is 2.71. The van der Waals surface area contributed by atoms with Crippen LogP contribution in [-0.4, -0.2) is 172 Å². The molecule has 0 spiro atoms. The van der Waals surface area contributed by atoms with Crippen molar-refractivity contribution in [2.45, 2.75) is 324 Å². The highest BCUT2D eigenvalue weighted by Crippen LogP contribution is 2.60. The first-order valence-corrected chi connectivity index (χ1v) is 35.9. The van der Waals surface area contributed by atoms with Gasteiger partial charge in [0, 0.05) is 23.7 Å². The minimum atomic E-state index is -1.07. The second kappa shape index (κ2) is 34.5. The summed E-state index contributed by atoms with van der Waals surface area (Å²) in [6, 6.07) is 0. The molecule has 26 heteroatoms. The zero-order valence-corrected chi connectivity index (χ0v) is 61.3. The molecule has 104 heavy (non-hydrogen) atoms. The summed E-state index contributed by atoms with van der Waals surface area (Å²) in [5, 5.41) is 0. The SMILES string of the molecule is C.C.C.C.C.CCC(C)(C)C(=O)OC.CCC(C)(C)C(=O)OC1C(=O)OC2C3OC(C)(C)OC3OC12.CCC(C)(C)C(=O)OC1C(=O)OC2CCCC21.CCC(C)(C)C(=O)OC1C2CC3C(=O)OC1C3O2.CCC(C)(C)C(=O)OC1C2CC3C1OC(=O)C3C2C(=O)OC.O=C1OCC2C3CCC(C3)C12. The molecule has 0 N–H and O–H groups in total. The Labute approximate surface area is 617 Å². The van der Waals surface area contributed by atoms with Gasteiger partial charge in [0.1, 0.15) is 30.5 Å². The maximum Gasteiger partial charge on any atom is 0.350 e. The van der Waals surface area contributed by atoms with E-state index in [1.165, 1.54) is 33.5 Å². The van der Waals surface area contributed by atoms with Crippen LogP contribution in [0.2, 0.25) is 0 Å². The number of carbonyl (C=O) groups excluding carboxylic acids is 11. The molecule has 0 aromatic carbocycles. The third kappa shape index (κ3) is 17.7. The van der Waals surface area contributed by atoms with Crippen LogP contribution in [0.25, 0.3) is 0 Å². The monoisotopic (exact) mass is 1480 g/mol. The van der Waals surface area contributed by atoms with Crippen molar-refractivity contribution < 1.29 is 124 Å². The Balaban J connectivity index is 0.000000267. The Morgan fingerprint density at radius 3 is 1.45 bits per heavy atom. The van der Waals surface area contributed by atoms with Gasteiger partial charge in [-0.2, -0.15) is 0 Å². The molecule has 9 aliphatic heterocycles. The fraction of sp³-hybridized carbons (Fsp3) is 0.859. The van der Waals surface area contributed by atoms with Crippen LogP contribution in [0.1, 0.15) is 238 Å². The number of fused-ring (bicyclic) bond motifs is 11. The molecule has 5 saturated carbocycles. The van der Waals surface area contributed by atoms with Gasteiger partial charge in [-0.25, -0.2) is 9.59 Å². The van der Waals surface area contributed by atoms with Crippen molar-refractivity contribution >= 4 is 65.7 Å². The smallest absolute Gasteiger partial charge is 0.350 e. The van der Waals surface area contributed by atoms with E-state index in [1.54, 1.807) is 27.7 Å². The van der Waals surface area contributed by atoms with Gasteiger partial charge in [0.15, 0.2) is 36.5 Å². The number of hydrogen-bond acceptors (Lipinski definition) is 26. The maximum absolute atomic E-state index is 12.4. The molecule has 0 aromatic heterocycles. The van der Waals surface area contributed by atoms with Crippen molar-refractivity contribution in [2.24, 2.45) is 86.3 Å². The van der Waals surface area contributed by atoms with E-state index >= 15 is 0 Å². The fourth-order valence-corrected chi connectivity index (χ4v) is 15.7. The zero-order valence-electron chi connectivity index (χ0n) is 61.3. The lowest BCUT2D eigenvalue weighted by molar-refractivity contribution is -0.217. The van der Waals surface area contributed by atoms with Gasteiger partial charge in [0.05, 0.1) is 77.7 Å². The number of esters is 11. The first-order chi connectivity index (χ1) is 46.2. The van der Waals surface area contributed by atoms with Crippen molar-refractivity contribution in [3.05, 3.63) is 0 Å². The molecule has 0 aromatic rings. The third-order valence-corrected chi connectivity index (χ3v) is 24.1. The molecule has 596 valence electrons. The molecule has 14 aliphatic rings. The minimum Gasteiger partial charge on any atom is -0.469 e. The highest BCUT2D eigenvalue weighted by molar-refractivity contribution is 5.87. The Hall–Kier alpha value is -5.99. The van der Waals surface area contributed by atoms with Gasteiger partial charge < -0.3 is 71.1 Å². The molecular weight excluding hydrogens is 1350 g/mol. The number of hydrogen-bond donors (Lipinski definition) is 0. The van der Waals surface area contributed by atoms with E-state index in [9.17, 15) is 52.7 Å². The molecule has 26 nitrogen and oxygen atoms in total. The van der Waals surface area contributed by atoms with E-state index in [4.69, 9.17) is 66.3 Å². The van der Waals surface area contributed by atoms with E-state index < -0.39 is 118 Å². The Kier molecular flexibility index (Phi) is 30.0. The van der Waals surface area contributed by atoms with Gasteiger partial charge in [0.25, 0.3) is 0 Å². The van der Waals surface area contributed by atoms with Crippen LogP contribution in [0.4, 0.5) is 0 Å². The van der Waals surface area contributed by atoms with Gasteiger partial charge in [0.2, 0.25) is 12.2 Å². The number of ether oxygens (including phenoxy) is 15. The summed E-state index contributed by atoms with van der Waals surface area (Å²) in [5.41, 5.74) is -2.61. The van der Waals surface area contributed by atoms with Crippen molar-refractivity contribution in [3.8, 4) is 0 Å². The normalized spacial score (nSPS) is 35.5. The van der Waals surface area contributed by atoms with E-state index in [2.05, 4.69) is 4.74 Å². The minimum absolute atomic E-state index is 0. The summed E-state index contributed by atoms with van der Waals surface area (Å²) in [5.74, 6) is -2.87. The van der Waals surface area contributed by atoms with Crippen LogP contribution < -0.4 is 0 Å². The average molecular weight is 1480 g/mol. The quantitative estimate of drug-likeness (QED) is 0.109. The van der Waals surface area contributed by atoms with E-state index in [-0.39, 0.29) is 132 Å². The van der Waals surface area contributed by atoms with Crippen LogP contribution in [0.3, 0.4) is 0 Å². The van der Waals surface area contributed by atoms with Gasteiger partial charge >= 0.3 is 65.7 Å². The van der Waals surface area contributed by atoms with Crippen LogP contribution in [0, 0.1) is 86.3 Å². The molecule has 0 amide bonds. The largest absolute Gasteiger partial charge is 0.469 e. The maximum atomic E-state index is 12.4. The second-order valence-electron chi connectivity index (χ2n) is 32.7. The number of rotatable bonds is 15. The molecule has 14 rings (SSSR count). The number of carbonyl (C=O) groups is 11. The van der Waals surface area contributed by atoms with Gasteiger partial charge in [-0.3, -0.25) is 43.2 Å². The van der Waals surface area contributed by atoms with Crippen molar-refractivity contribution in [2.75, 3.05) is 20.8 Å². The molecule has 9 heterocycles. The topological polar surface area (TPSA) is 326 Å². The molecule has 0 radical (unpaired) electrons. The Morgan fingerprint density at radius 1 is 0.423 bits per heavy atom. The summed E-state index contributed by atoms with van der Waals surface area (Å²) >= 11 is 0. The summed E-state index contributed by atoms with van der Waals surface area (Å²) in [7, 11) is 2.73. The Morgan fingerprint density at radius 2 is 0.923 bits per heavy atom. The lowest BCUT2D eigenvalue weighted by atomic mass is 9.78. The fourth-order valence-electron chi connectivity index (χ4n) is 15.7. The van der Waals surface area contributed by atoms with Gasteiger partial charge in [-0.05, 0) is 178 Å². The predicted octanol–water partition coefficient (Wildman–Crippen LogP) is 11.5. The summed E-state index contributed by atoms with van der Waals surface area (Å²) < 4.78 is 80.3. The van der Waals surface area contributed by atoms with E-state index in [1.807, 2.05) is 90.0 Å². The Bertz CT molecular complexity index is 3070. The highest BCUT2D eigenvalue weighted by atomic mass is 16.9. The zero-order chi connectivity index (χ0) is 73.1. The van der Waals surface area contributed by atoms with E-state index in [0.717, 1.165) is 38.2 Å². The van der Waals surface area contributed by atoms with Crippen LogP contribution >= 0.6 is 0 Å². The molecule has 14 fully saturated rings. The summed E-state index contributed by atoms with van der Waals surface area (Å²) in [4.78, 5) is 130. The van der Waals surface area contributed by atoms with Gasteiger partial charge in [-0.1, -0.05) is 71.8 Å². The first kappa shape index (κ1) is 90.4. The lowest BCUT2D eigenvalue weighted by Crippen LogP contribution is -2.45. The predicted molar refractivity (Wildman–Crippen MR) is 377 cm³/mol. The molecular formula is C78H128O26. The average Bonchev–Trinajstić information content (AvgIpc) is 1.53. The van der Waals surface area contributed by atoms with Crippen LogP contribution in [0.5, 0.6) is 0 Å². The molecule has 23 unspecified atom stereocenters. The molecule has 6 bridgehead atoms. The summed E-state index contributed by atoms with van der Waals surface area (Å²) in [6.07, 6.45) is 5.30. The number of methoxy groups -OCH3 is 2. The van der Waals surface area contributed by atoms with Crippen molar-refractivity contribution in [1.82, 2.24) is 0 Å². The van der Waals surface area contributed by atoms with Crippen molar-refractivity contribution in [3.63, 3.8) is 0 Å². The van der Waals surface area contributed by atoms with Crippen molar-refractivity contribution in [1.29, 1.82) is 0 Å². The summed E-state index contributed by atoms with van der Waals surface area (Å²) in [6.45, 7) is 32.2. The van der Waals surface area contributed by atoms with Crippen LogP contribution in [-0.2, 0) is 124 Å². The van der Waals surface area contributed by atoms with Gasteiger partial charge in [-0.15, -0.1) is 0 Å². The molecule has 9 saturated heterocycles. The standard InChI is InChI=1S/C16H22O6.C15H22O7.C13H18O5.C13H20O4.C9H12O2.C7H14O2.5CH4/c1-5-16(2,3)15(19)22-12-7-6-8-10(9(7)13(17)20-4)14(18)21-11(8)12;1-6-14(2,3)13(17)20-9-7-8(18-11(9)16)10-12(19-7)22-15(4,5)21-10;1-4-13(2,3)12(15)18-9-7-5-6-8(16-7)10(9)17-11(6)14;1-4-13(2,3)12(15)17-10-8-6-5-7-9(8)16-11(10)14;10-9-8-6-2-1-5(3-6)7(8)4-11-9;1-5-7(2,3)6(8)9-4;;;;;/h7-12H,5-6H2,1-4H3;7-10,12H,6H2,1-5H3;6-10H,4-5H2,1-3H3;8-10H,4-7H2,1-3H3;5-8H,1-4H2;5H2,1-4H3;5*1H4. The second-order valence-corrected chi connectivity index (χ2v) is 32.7. The molecule has 5 aliphatic carbocycles. The van der Waals surface area contributed by atoms with E-state index in [0.29, 0.717) is 56.3 Å². The molecule has 23 atom stereocenters. The number of cyclic esters (lactones) is 1. The van der Waals surface area contributed by atoms with Crippen LogP contribution in [0.15, 0.2) is 0 Å². The third-order valence-electron chi connectivity index (χ3n) is 24.1. The first-order valence-electron chi connectivity index (χ1n) is 35.9. The lowest BCUT2D eigenvalue weighted by Gasteiger charge is -2.32.